The van der Waals surface area contributed by atoms with Crippen LogP contribution in [0.25, 0.3) is 0 Å². The van der Waals surface area contributed by atoms with Crippen LogP contribution >= 0.6 is 11.6 Å². The fourth-order valence-electron chi connectivity index (χ4n) is 1.07. The molecular weight excluding hydrogens is 230 g/mol. The predicted octanol–water partition coefficient (Wildman–Crippen LogP) is 0.902. The first-order valence-corrected chi connectivity index (χ1v) is 5.30. The van der Waals surface area contributed by atoms with Gasteiger partial charge in [-0.2, -0.15) is 0 Å². The van der Waals surface area contributed by atoms with Crippen LogP contribution in [0.15, 0.2) is 0 Å². The molecule has 5 nitrogen and oxygen atoms in total. The first-order valence-electron chi connectivity index (χ1n) is 4.92. The third-order valence-corrected chi connectivity index (χ3v) is 2.65. The molecule has 1 aromatic rings. The smallest absolute Gasteiger partial charge is 0.171 e. The molecule has 0 amide bonds. The standard InChI is InChI=1S/C10H16ClN3O2/c1-6-7(2)13-9(8(11)12-6)14-10(3,4-15)5-16/h15-16H,4-5H2,1-3H3,(H,13,14). The quantitative estimate of drug-likeness (QED) is 0.735. The second kappa shape index (κ2) is 4.95. The maximum atomic E-state index is 9.15. The molecule has 16 heavy (non-hydrogen) atoms. The normalized spacial score (nSPS) is 11.6. The Hall–Kier alpha value is -0.910. The Labute approximate surface area is 99.5 Å². The summed E-state index contributed by atoms with van der Waals surface area (Å²) in [6, 6.07) is 0. The molecule has 0 fully saturated rings. The molecule has 0 atom stereocenters. The van der Waals surface area contributed by atoms with Gasteiger partial charge in [0.25, 0.3) is 0 Å². The van der Waals surface area contributed by atoms with Gasteiger partial charge < -0.3 is 15.5 Å². The lowest BCUT2D eigenvalue weighted by Gasteiger charge is -2.27. The molecule has 6 heteroatoms. The maximum absolute atomic E-state index is 9.15. The van der Waals surface area contributed by atoms with Crippen LogP contribution in [0, 0.1) is 13.8 Å². The molecule has 0 saturated carbocycles. The summed E-state index contributed by atoms with van der Waals surface area (Å²) in [7, 11) is 0. The minimum absolute atomic E-state index is 0.228. The van der Waals surface area contributed by atoms with Gasteiger partial charge in [0, 0.05) is 0 Å². The number of hydrogen-bond donors (Lipinski definition) is 3. The molecular formula is C10H16ClN3O2. The summed E-state index contributed by atoms with van der Waals surface area (Å²) in [5.74, 6) is 0.371. The van der Waals surface area contributed by atoms with Crippen molar-refractivity contribution in [3.8, 4) is 0 Å². The van der Waals surface area contributed by atoms with Crippen molar-refractivity contribution in [1.82, 2.24) is 9.97 Å². The van der Waals surface area contributed by atoms with E-state index in [4.69, 9.17) is 21.8 Å². The number of aryl methyl sites for hydroxylation is 2. The Kier molecular flexibility index (Phi) is 4.07. The predicted molar refractivity (Wildman–Crippen MR) is 62.7 cm³/mol. The van der Waals surface area contributed by atoms with E-state index < -0.39 is 5.54 Å². The summed E-state index contributed by atoms with van der Waals surface area (Å²) < 4.78 is 0. The number of rotatable bonds is 4. The molecule has 0 spiro atoms. The van der Waals surface area contributed by atoms with E-state index in [1.807, 2.05) is 13.8 Å². The second-order valence-corrected chi connectivity index (χ2v) is 4.39. The number of nitrogens with zero attached hydrogens (tertiary/aromatic N) is 2. The van der Waals surface area contributed by atoms with E-state index in [0.717, 1.165) is 11.4 Å². The first-order chi connectivity index (χ1) is 7.41. The SMILES string of the molecule is Cc1nc(Cl)c(NC(C)(CO)CO)nc1C. The van der Waals surface area contributed by atoms with Crippen LogP contribution in [0.2, 0.25) is 5.15 Å². The van der Waals surface area contributed by atoms with Crippen molar-refractivity contribution in [2.24, 2.45) is 0 Å². The molecule has 1 rings (SSSR count). The molecule has 0 aliphatic carbocycles. The van der Waals surface area contributed by atoms with Crippen LogP contribution < -0.4 is 5.32 Å². The number of hydrogen-bond acceptors (Lipinski definition) is 5. The summed E-state index contributed by atoms with van der Waals surface area (Å²) in [5, 5.41) is 21.4. The summed E-state index contributed by atoms with van der Waals surface area (Å²) in [4.78, 5) is 8.33. The Balaban J connectivity index is 3.01. The Morgan fingerprint density at radius 1 is 1.19 bits per heavy atom. The first kappa shape index (κ1) is 13.2. The van der Waals surface area contributed by atoms with Crippen molar-refractivity contribution in [2.45, 2.75) is 26.3 Å². The molecule has 0 aliphatic heterocycles. The lowest BCUT2D eigenvalue weighted by molar-refractivity contribution is 0.147. The highest BCUT2D eigenvalue weighted by molar-refractivity contribution is 6.31. The Morgan fingerprint density at radius 3 is 2.19 bits per heavy atom. The zero-order valence-corrected chi connectivity index (χ0v) is 10.3. The number of anilines is 1. The van der Waals surface area contributed by atoms with E-state index in [0.29, 0.717) is 5.82 Å². The molecule has 90 valence electrons. The Bertz CT molecular complexity index is 381. The van der Waals surface area contributed by atoms with Gasteiger partial charge in [-0.3, -0.25) is 0 Å². The molecule has 0 saturated heterocycles. The second-order valence-electron chi connectivity index (χ2n) is 4.04. The topological polar surface area (TPSA) is 78.3 Å². The van der Waals surface area contributed by atoms with Crippen molar-refractivity contribution in [1.29, 1.82) is 0 Å². The van der Waals surface area contributed by atoms with Crippen LogP contribution in [-0.4, -0.2) is 38.9 Å². The highest BCUT2D eigenvalue weighted by Crippen LogP contribution is 2.21. The lowest BCUT2D eigenvalue weighted by Crippen LogP contribution is -2.43. The van der Waals surface area contributed by atoms with Gasteiger partial charge in [-0.1, -0.05) is 11.6 Å². The van der Waals surface area contributed by atoms with Crippen LogP contribution in [0.1, 0.15) is 18.3 Å². The molecule has 0 radical (unpaired) electrons. The average molecular weight is 246 g/mol. The number of aromatic nitrogens is 2. The molecule has 0 bridgehead atoms. The maximum Gasteiger partial charge on any atom is 0.171 e. The van der Waals surface area contributed by atoms with Crippen LogP contribution in [0.3, 0.4) is 0 Å². The fraction of sp³-hybridized carbons (Fsp3) is 0.600. The molecule has 0 unspecified atom stereocenters. The molecule has 3 N–H and O–H groups in total. The van der Waals surface area contributed by atoms with Crippen molar-refractivity contribution in [2.75, 3.05) is 18.5 Å². The van der Waals surface area contributed by atoms with Crippen LogP contribution in [0.5, 0.6) is 0 Å². The lowest BCUT2D eigenvalue weighted by atomic mass is 10.1. The summed E-state index contributed by atoms with van der Waals surface area (Å²) >= 11 is 5.92. The van der Waals surface area contributed by atoms with Crippen LogP contribution in [0.4, 0.5) is 5.82 Å². The van der Waals surface area contributed by atoms with E-state index >= 15 is 0 Å². The van der Waals surface area contributed by atoms with Crippen molar-refractivity contribution < 1.29 is 10.2 Å². The van der Waals surface area contributed by atoms with Crippen LogP contribution in [-0.2, 0) is 0 Å². The van der Waals surface area contributed by atoms with Gasteiger partial charge in [-0.05, 0) is 20.8 Å². The van der Waals surface area contributed by atoms with Gasteiger partial charge in [0.15, 0.2) is 11.0 Å². The summed E-state index contributed by atoms with van der Waals surface area (Å²) in [6.45, 7) is 4.84. The third-order valence-electron chi connectivity index (χ3n) is 2.38. The van der Waals surface area contributed by atoms with E-state index in [2.05, 4.69) is 15.3 Å². The Morgan fingerprint density at radius 2 is 1.69 bits per heavy atom. The zero-order chi connectivity index (χ0) is 12.3. The number of nitrogens with one attached hydrogen (secondary N) is 1. The highest BCUT2D eigenvalue weighted by atomic mass is 35.5. The van der Waals surface area contributed by atoms with Gasteiger partial charge in [0.05, 0.1) is 30.1 Å². The third kappa shape index (κ3) is 2.81. The number of halogens is 1. The van der Waals surface area contributed by atoms with Crippen molar-refractivity contribution >= 4 is 17.4 Å². The molecule has 0 aromatic carbocycles. The van der Waals surface area contributed by atoms with Gasteiger partial charge in [-0.15, -0.1) is 0 Å². The minimum atomic E-state index is -0.861. The van der Waals surface area contributed by atoms with E-state index in [1.165, 1.54) is 0 Å². The molecule has 1 aromatic heterocycles. The highest BCUT2D eigenvalue weighted by Gasteiger charge is 2.24. The monoisotopic (exact) mass is 245 g/mol. The van der Waals surface area contributed by atoms with Gasteiger partial charge in [-0.25, -0.2) is 9.97 Å². The summed E-state index contributed by atoms with van der Waals surface area (Å²) in [5.41, 5.74) is 0.649. The fourth-order valence-corrected chi connectivity index (χ4v) is 1.29. The minimum Gasteiger partial charge on any atom is -0.394 e. The zero-order valence-electron chi connectivity index (χ0n) is 9.58. The summed E-state index contributed by atoms with van der Waals surface area (Å²) in [6.07, 6.45) is 0. The number of aliphatic hydroxyl groups excluding tert-OH is 2. The largest absolute Gasteiger partial charge is 0.394 e. The van der Waals surface area contributed by atoms with Gasteiger partial charge in [0.1, 0.15) is 0 Å². The van der Waals surface area contributed by atoms with E-state index in [1.54, 1.807) is 6.92 Å². The van der Waals surface area contributed by atoms with E-state index in [-0.39, 0.29) is 18.4 Å². The van der Waals surface area contributed by atoms with Gasteiger partial charge >= 0.3 is 0 Å². The average Bonchev–Trinajstić information content (AvgIpc) is 2.25. The molecule has 1 heterocycles. The van der Waals surface area contributed by atoms with E-state index in [9.17, 15) is 0 Å². The molecule has 0 aliphatic rings. The van der Waals surface area contributed by atoms with Crippen molar-refractivity contribution in [3.05, 3.63) is 16.5 Å². The van der Waals surface area contributed by atoms with Gasteiger partial charge in [0.2, 0.25) is 0 Å². The van der Waals surface area contributed by atoms with Crippen molar-refractivity contribution in [3.63, 3.8) is 0 Å². The number of aliphatic hydroxyl groups is 2.